The molecule has 0 saturated heterocycles. The number of hydrogen-bond donors (Lipinski definition) is 3. The number of primary amides is 1. The molecule has 5 N–H and O–H groups in total. The van der Waals surface area contributed by atoms with Crippen LogP contribution >= 0.6 is 0 Å². The van der Waals surface area contributed by atoms with E-state index in [4.69, 9.17) is 11.5 Å². The molecule has 20 heavy (non-hydrogen) atoms. The van der Waals surface area contributed by atoms with Gasteiger partial charge in [-0.2, -0.15) is 0 Å². The van der Waals surface area contributed by atoms with Crippen molar-refractivity contribution in [2.24, 2.45) is 11.5 Å². The molecule has 1 aromatic rings. The van der Waals surface area contributed by atoms with Crippen LogP contribution in [0.1, 0.15) is 42.6 Å². The lowest BCUT2D eigenvalue weighted by Crippen LogP contribution is -2.45. The highest BCUT2D eigenvalue weighted by molar-refractivity contribution is 5.96. The van der Waals surface area contributed by atoms with Crippen molar-refractivity contribution in [3.8, 4) is 0 Å². The molecule has 0 radical (unpaired) electrons. The molecule has 0 bridgehead atoms. The molecule has 0 spiro atoms. The first-order valence-corrected chi connectivity index (χ1v) is 6.72. The summed E-state index contributed by atoms with van der Waals surface area (Å²) in [4.78, 5) is 22.4. The predicted molar refractivity (Wildman–Crippen MR) is 77.1 cm³/mol. The lowest BCUT2D eigenvalue weighted by molar-refractivity contribution is -0.117. The number of carbonyl (C=O) groups is 2. The van der Waals surface area contributed by atoms with Gasteiger partial charge in [0.1, 0.15) is 0 Å². The van der Waals surface area contributed by atoms with E-state index >= 15 is 0 Å². The summed E-state index contributed by atoms with van der Waals surface area (Å²) in [5.41, 5.74) is 12.7. The van der Waals surface area contributed by atoms with E-state index in [1.807, 2.05) is 26.0 Å². The van der Waals surface area contributed by atoms with Crippen molar-refractivity contribution in [1.29, 1.82) is 0 Å². The Bertz CT molecular complexity index is 525. The SMILES string of the molecule is CC(C)(N)C1(c2ccc(C(=O)NCC(N)=O)cc2)CC1. The van der Waals surface area contributed by atoms with Gasteiger partial charge in [0.25, 0.3) is 5.91 Å². The van der Waals surface area contributed by atoms with E-state index in [1.54, 1.807) is 12.1 Å². The van der Waals surface area contributed by atoms with Crippen molar-refractivity contribution in [2.75, 3.05) is 6.54 Å². The molecule has 1 saturated carbocycles. The lowest BCUT2D eigenvalue weighted by atomic mass is 9.79. The van der Waals surface area contributed by atoms with Gasteiger partial charge in [0.2, 0.25) is 5.91 Å². The Labute approximate surface area is 118 Å². The fourth-order valence-electron chi connectivity index (χ4n) is 2.64. The number of nitrogens with two attached hydrogens (primary N) is 2. The fourth-order valence-corrected chi connectivity index (χ4v) is 2.64. The molecule has 1 fully saturated rings. The maximum Gasteiger partial charge on any atom is 0.251 e. The van der Waals surface area contributed by atoms with Crippen LogP contribution in [0.15, 0.2) is 24.3 Å². The molecule has 108 valence electrons. The predicted octanol–water partition coefficient (Wildman–Crippen LogP) is 0.671. The first-order valence-electron chi connectivity index (χ1n) is 6.72. The monoisotopic (exact) mass is 275 g/mol. The van der Waals surface area contributed by atoms with E-state index in [-0.39, 0.29) is 23.4 Å². The molecule has 2 rings (SSSR count). The number of nitrogens with one attached hydrogen (secondary N) is 1. The molecule has 5 heteroatoms. The smallest absolute Gasteiger partial charge is 0.251 e. The average molecular weight is 275 g/mol. The summed E-state index contributed by atoms with van der Waals surface area (Å²) < 4.78 is 0. The second-order valence-electron chi connectivity index (χ2n) is 6.03. The van der Waals surface area contributed by atoms with Crippen LogP contribution < -0.4 is 16.8 Å². The third-order valence-corrected chi connectivity index (χ3v) is 4.11. The van der Waals surface area contributed by atoms with Crippen molar-refractivity contribution >= 4 is 11.8 Å². The second kappa shape index (κ2) is 4.90. The van der Waals surface area contributed by atoms with Crippen molar-refractivity contribution < 1.29 is 9.59 Å². The van der Waals surface area contributed by atoms with Crippen LogP contribution in [0, 0.1) is 0 Å². The van der Waals surface area contributed by atoms with Crippen LogP contribution in [0.3, 0.4) is 0 Å². The highest BCUT2D eigenvalue weighted by Crippen LogP contribution is 2.54. The van der Waals surface area contributed by atoms with Crippen molar-refractivity contribution in [2.45, 2.75) is 37.6 Å². The summed E-state index contributed by atoms with van der Waals surface area (Å²) in [6, 6.07) is 7.41. The molecule has 1 aliphatic rings. The van der Waals surface area contributed by atoms with E-state index in [9.17, 15) is 9.59 Å². The molecule has 5 nitrogen and oxygen atoms in total. The summed E-state index contributed by atoms with van der Waals surface area (Å²) in [5, 5.41) is 2.46. The highest BCUT2D eigenvalue weighted by atomic mass is 16.2. The molecule has 1 aliphatic carbocycles. The van der Waals surface area contributed by atoms with Gasteiger partial charge in [-0.05, 0) is 44.4 Å². The molecule has 0 aromatic heterocycles. The van der Waals surface area contributed by atoms with E-state index in [0.29, 0.717) is 5.56 Å². The maximum absolute atomic E-state index is 11.8. The molecule has 0 heterocycles. The minimum absolute atomic E-state index is 0.0230. The summed E-state index contributed by atoms with van der Waals surface area (Å²) >= 11 is 0. The highest BCUT2D eigenvalue weighted by Gasteiger charge is 2.53. The first-order chi connectivity index (χ1) is 9.26. The molecular weight excluding hydrogens is 254 g/mol. The Balaban J connectivity index is 2.11. The van der Waals surface area contributed by atoms with Gasteiger partial charge in [-0.1, -0.05) is 12.1 Å². The number of hydrogen-bond acceptors (Lipinski definition) is 3. The topological polar surface area (TPSA) is 98.2 Å². The summed E-state index contributed by atoms with van der Waals surface area (Å²) in [6.45, 7) is 3.92. The zero-order valence-electron chi connectivity index (χ0n) is 11.9. The quantitative estimate of drug-likeness (QED) is 0.736. The normalized spacial score (nSPS) is 16.6. The van der Waals surface area contributed by atoms with Gasteiger partial charge >= 0.3 is 0 Å². The van der Waals surface area contributed by atoms with E-state index in [0.717, 1.165) is 18.4 Å². The number of benzene rings is 1. The van der Waals surface area contributed by atoms with Gasteiger partial charge in [0.05, 0.1) is 6.54 Å². The molecule has 2 amide bonds. The minimum Gasteiger partial charge on any atom is -0.368 e. The summed E-state index contributed by atoms with van der Waals surface area (Å²) in [6.07, 6.45) is 2.15. The van der Waals surface area contributed by atoms with Gasteiger partial charge < -0.3 is 16.8 Å². The van der Waals surface area contributed by atoms with Gasteiger partial charge in [-0.3, -0.25) is 9.59 Å². The van der Waals surface area contributed by atoms with Crippen LogP contribution in [0.4, 0.5) is 0 Å². The van der Waals surface area contributed by atoms with Crippen molar-refractivity contribution in [3.05, 3.63) is 35.4 Å². The van der Waals surface area contributed by atoms with E-state index < -0.39 is 5.91 Å². The third-order valence-electron chi connectivity index (χ3n) is 4.11. The van der Waals surface area contributed by atoms with Crippen LogP contribution in [0.2, 0.25) is 0 Å². The number of rotatable bonds is 5. The van der Waals surface area contributed by atoms with Crippen LogP contribution in [0.25, 0.3) is 0 Å². The van der Waals surface area contributed by atoms with Crippen LogP contribution in [-0.2, 0) is 10.2 Å². The molecule has 0 aliphatic heterocycles. The van der Waals surface area contributed by atoms with Gasteiger partial charge in [0.15, 0.2) is 0 Å². The van der Waals surface area contributed by atoms with Gasteiger partial charge in [-0.25, -0.2) is 0 Å². The number of amides is 2. The maximum atomic E-state index is 11.8. The van der Waals surface area contributed by atoms with Crippen LogP contribution in [0.5, 0.6) is 0 Å². The molecule has 0 atom stereocenters. The van der Waals surface area contributed by atoms with Crippen molar-refractivity contribution in [3.63, 3.8) is 0 Å². The Hall–Kier alpha value is -1.88. The van der Waals surface area contributed by atoms with Crippen molar-refractivity contribution in [1.82, 2.24) is 5.32 Å². The lowest BCUT2D eigenvalue weighted by Gasteiger charge is -2.31. The average Bonchev–Trinajstić information content (AvgIpc) is 3.17. The molecular formula is C15H21N3O2. The third kappa shape index (κ3) is 2.67. The first kappa shape index (κ1) is 14.5. The standard InChI is InChI=1S/C15H21N3O2/c1-14(2,17)15(7-8-15)11-5-3-10(4-6-11)13(20)18-9-12(16)19/h3-6H,7-9,17H2,1-2H3,(H2,16,19)(H,18,20). The minimum atomic E-state index is -0.559. The zero-order chi connectivity index (χ0) is 15.0. The fraction of sp³-hybridized carbons (Fsp3) is 0.467. The van der Waals surface area contributed by atoms with Gasteiger partial charge in [0, 0.05) is 16.5 Å². The zero-order valence-corrected chi connectivity index (χ0v) is 11.9. The number of carbonyl (C=O) groups excluding carboxylic acids is 2. The van der Waals surface area contributed by atoms with E-state index in [2.05, 4.69) is 5.32 Å². The molecule has 0 unspecified atom stereocenters. The Morgan fingerprint density at radius 3 is 2.20 bits per heavy atom. The second-order valence-corrected chi connectivity index (χ2v) is 6.03. The Kier molecular flexibility index (Phi) is 3.56. The molecule has 1 aromatic carbocycles. The summed E-state index contributed by atoms with van der Waals surface area (Å²) in [7, 11) is 0. The largest absolute Gasteiger partial charge is 0.368 e. The Morgan fingerprint density at radius 2 is 1.80 bits per heavy atom. The van der Waals surface area contributed by atoms with Crippen LogP contribution in [-0.4, -0.2) is 23.9 Å². The summed E-state index contributed by atoms with van der Waals surface area (Å²) in [5.74, 6) is -0.857. The Morgan fingerprint density at radius 1 is 1.25 bits per heavy atom. The van der Waals surface area contributed by atoms with Gasteiger partial charge in [-0.15, -0.1) is 0 Å². The van der Waals surface area contributed by atoms with E-state index in [1.165, 1.54) is 0 Å².